The van der Waals surface area contributed by atoms with Gasteiger partial charge in [-0.15, -0.1) is 11.3 Å². The molecular weight excluding hydrogens is 403 g/mol. The molecule has 0 spiro atoms. The van der Waals surface area contributed by atoms with Gasteiger partial charge in [-0.2, -0.15) is 0 Å². The summed E-state index contributed by atoms with van der Waals surface area (Å²) in [6.07, 6.45) is 2.12. The molecule has 1 amide bonds. The summed E-state index contributed by atoms with van der Waals surface area (Å²) in [5.74, 6) is 0.632. The molecule has 0 aliphatic heterocycles. The van der Waals surface area contributed by atoms with Gasteiger partial charge < -0.3 is 10.1 Å². The maximum absolute atomic E-state index is 12.1. The molecule has 1 aliphatic rings. The zero-order valence-corrected chi connectivity index (χ0v) is 16.6. The highest BCUT2D eigenvalue weighted by atomic mass is 35.5. The summed E-state index contributed by atoms with van der Waals surface area (Å²) in [5, 5.41) is 6.73. The summed E-state index contributed by atoms with van der Waals surface area (Å²) in [5.41, 5.74) is 2.29. The average molecular weight is 419 g/mol. The molecule has 1 heterocycles. The zero-order valence-electron chi connectivity index (χ0n) is 14.2. The predicted molar refractivity (Wildman–Crippen MR) is 109 cm³/mol. The van der Waals surface area contributed by atoms with E-state index in [4.69, 9.17) is 27.9 Å². The van der Waals surface area contributed by atoms with Crippen LogP contribution in [-0.4, -0.2) is 16.9 Å². The van der Waals surface area contributed by atoms with E-state index in [-0.39, 0.29) is 5.91 Å². The molecular formula is C20H16Cl2N2O2S. The van der Waals surface area contributed by atoms with Gasteiger partial charge in [0, 0.05) is 32.6 Å². The van der Waals surface area contributed by atoms with Crippen molar-refractivity contribution in [3.63, 3.8) is 0 Å². The molecule has 1 aliphatic carbocycles. The Morgan fingerprint density at radius 3 is 2.67 bits per heavy atom. The highest BCUT2D eigenvalue weighted by molar-refractivity contribution is 7.13. The second-order valence-corrected chi connectivity index (χ2v) is 8.04. The van der Waals surface area contributed by atoms with Gasteiger partial charge in [-0.3, -0.25) is 4.79 Å². The van der Waals surface area contributed by atoms with Crippen LogP contribution in [0.25, 0.3) is 10.6 Å². The first-order valence-corrected chi connectivity index (χ1v) is 10.2. The SMILES string of the molecule is O=C(NC1CC1)c1csc(-c2ccc(OCc3ccc(Cl)cc3Cl)cc2)n1. The number of aromatic nitrogens is 1. The van der Waals surface area contributed by atoms with Crippen LogP contribution in [0, 0.1) is 0 Å². The van der Waals surface area contributed by atoms with Gasteiger partial charge in [0.05, 0.1) is 0 Å². The van der Waals surface area contributed by atoms with Gasteiger partial charge in [0.25, 0.3) is 5.91 Å². The van der Waals surface area contributed by atoms with Gasteiger partial charge in [0.15, 0.2) is 0 Å². The molecule has 27 heavy (non-hydrogen) atoms. The number of nitrogens with one attached hydrogen (secondary N) is 1. The van der Waals surface area contributed by atoms with Crippen molar-refractivity contribution in [3.8, 4) is 16.3 Å². The highest BCUT2D eigenvalue weighted by Gasteiger charge is 2.24. The first kappa shape index (κ1) is 18.3. The number of ether oxygens (including phenoxy) is 1. The number of carbonyl (C=O) groups excluding carboxylic acids is 1. The molecule has 4 rings (SSSR count). The van der Waals surface area contributed by atoms with Gasteiger partial charge in [-0.25, -0.2) is 4.98 Å². The molecule has 1 aromatic heterocycles. The first-order valence-electron chi connectivity index (χ1n) is 8.52. The van der Waals surface area contributed by atoms with Crippen LogP contribution in [0.3, 0.4) is 0 Å². The molecule has 0 radical (unpaired) electrons. The topological polar surface area (TPSA) is 51.2 Å². The van der Waals surface area contributed by atoms with Crippen molar-refractivity contribution in [2.24, 2.45) is 0 Å². The van der Waals surface area contributed by atoms with E-state index in [1.165, 1.54) is 11.3 Å². The third kappa shape index (κ3) is 4.61. The Balaban J connectivity index is 1.39. The predicted octanol–water partition coefficient (Wildman–Crippen LogP) is 5.59. The third-order valence-electron chi connectivity index (χ3n) is 4.16. The molecule has 0 bridgehead atoms. The summed E-state index contributed by atoms with van der Waals surface area (Å²) >= 11 is 13.5. The van der Waals surface area contributed by atoms with E-state index in [0.717, 1.165) is 34.7 Å². The standard InChI is InChI=1S/C20H16Cl2N2O2S/c21-14-4-1-13(17(22)9-14)10-26-16-7-2-12(3-8-16)20-24-18(11-27-20)19(25)23-15-5-6-15/h1-4,7-9,11,15H,5-6,10H2,(H,23,25). The lowest BCUT2D eigenvalue weighted by molar-refractivity contribution is 0.0947. The lowest BCUT2D eigenvalue weighted by Gasteiger charge is -2.08. The monoisotopic (exact) mass is 418 g/mol. The minimum absolute atomic E-state index is 0.0974. The van der Waals surface area contributed by atoms with Crippen molar-refractivity contribution in [2.45, 2.75) is 25.5 Å². The van der Waals surface area contributed by atoms with Crippen LogP contribution < -0.4 is 10.1 Å². The van der Waals surface area contributed by atoms with Gasteiger partial charge >= 0.3 is 0 Å². The third-order valence-corrected chi connectivity index (χ3v) is 5.64. The maximum atomic E-state index is 12.1. The lowest BCUT2D eigenvalue weighted by atomic mass is 10.2. The van der Waals surface area contributed by atoms with Crippen LogP contribution in [0.1, 0.15) is 28.9 Å². The Morgan fingerprint density at radius 1 is 1.19 bits per heavy atom. The molecule has 138 valence electrons. The van der Waals surface area contributed by atoms with Crippen LogP contribution in [0.4, 0.5) is 0 Å². The van der Waals surface area contributed by atoms with Crippen LogP contribution in [-0.2, 0) is 6.61 Å². The zero-order chi connectivity index (χ0) is 18.8. The molecule has 0 saturated heterocycles. The molecule has 0 atom stereocenters. The van der Waals surface area contributed by atoms with Gasteiger partial charge in [-0.1, -0.05) is 29.3 Å². The molecule has 1 fully saturated rings. The van der Waals surface area contributed by atoms with Crippen molar-refractivity contribution >= 4 is 40.4 Å². The van der Waals surface area contributed by atoms with E-state index >= 15 is 0 Å². The summed E-state index contributed by atoms with van der Waals surface area (Å²) < 4.78 is 5.79. The fourth-order valence-corrected chi connectivity index (χ4v) is 3.76. The van der Waals surface area contributed by atoms with Crippen molar-refractivity contribution in [1.82, 2.24) is 10.3 Å². The Labute approximate surface area is 171 Å². The van der Waals surface area contributed by atoms with Gasteiger partial charge in [-0.05, 0) is 49.2 Å². The van der Waals surface area contributed by atoms with E-state index in [9.17, 15) is 4.79 Å². The Kier molecular flexibility index (Phi) is 5.34. The summed E-state index contributed by atoms with van der Waals surface area (Å²) in [4.78, 5) is 16.5. The maximum Gasteiger partial charge on any atom is 0.270 e. The molecule has 2 aromatic carbocycles. The number of rotatable bonds is 6. The highest BCUT2D eigenvalue weighted by Crippen LogP contribution is 2.27. The van der Waals surface area contributed by atoms with Crippen LogP contribution in [0.2, 0.25) is 10.0 Å². The molecule has 1 N–H and O–H groups in total. The largest absolute Gasteiger partial charge is 0.489 e. The van der Waals surface area contributed by atoms with E-state index in [1.807, 2.05) is 30.3 Å². The van der Waals surface area contributed by atoms with E-state index in [1.54, 1.807) is 17.5 Å². The van der Waals surface area contributed by atoms with Crippen molar-refractivity contribution in [1.29, 1.82) is 0 Å². The van der Waals surface area contributed by atoms with Crippen LogP contribution in [0.15, 0.2) is 47.8 Å². The lowest BCUT2D eigenvalue weighted by Crippen LogP contribution is -2.25. The quantitative estimate of drug-likeness (QED) is 0.567. The molecule has 1 saturated carbocycles. The molecule has 7 heteroatoms. The minimum atomic E-state index is -0.0974. The van der Waals surface area contributed by atoms with E-state index in [0.29, 0.717) is 28.4 Å². The molecule has 3 aromatic rings. The average Bonchev–Trinajstić information content (AvgIpc) is 3.33. The fourth-order valence-electron chi connectivity index (χ4n) is 2.49. The van der Waals surface area contributed by atoms with Crippen LogP contribution in [0.5, 0.6) is 5.75 Å². The number of thiazole rings is 1. The van der Waals surface area contributed by atoms with Crippen molar-refractivity contribution < 1.29 is 9.53 Å². The molecule has 0 unspecified atom stereocenters. The number of nitrogens with zero attached hydrogens (tertiary/aromatic N) is 1. The summed E-state index contributed by atoms with van der Waals surface area (Å²) in [6.45, 7) is 0.359. The number of amides is 1. The van der Waals surface area contributed by atoms with Crippen LogP contribution >= 0.6 is 34.5 Å². The number of benzene rings is 2. The number of carbonyl (C=O) groups is 1. The Hall–Kier alpha value is -2.08. The Bertz CT molecular complexity index is 968. The second kappa shape index (κ2) is 7.89. The van der Waals surface area contributed by atoms with Gasteiger partial charge in [0.2, 0.25) is 0 Å². The smallest absolute Gasteiger partial charge is 0.270 e. The van der Waals surface area contributed by atoms with Crippen molar-refractivity contribution in [2.75, 3.05) is 0 Å². The molecule has 4 nitrogen and oxygen atoms in total. The van der Waals surface area contributed by atoms with Crippen molar-refractivity contribution in [3.05, 3.63) is 69.1 Å². The van der Waals surface area contributed by atoms with E-state index in [2.05, 4.69) is 10.3 Å². The number of hydrogen-bond acceptors (Lipinski definition) is 4. The second-order valence-electron chi connectivity index (χ2n) is 6.33. The minimum Gasteiger partial charge on any atom is -0.489 e. The van der Waals surface area contributed by atoms with E-state index < -0.39 is 0 Å². The normalized spacial score (nSPS) is 13.4. The Morgan fingerprint density at radius 2 is 1.96 bits per heavy atom. The van der Waals surface area contributed by atoms with Gasteiger partial charge in [0.1, 0.15) is 23.1 Å². The first-order chi connectivity index (χ1) is 13.1. The summed E-state index contributed by atoms with van der Waals surface area (Å²) in [6, 6.07) is 13.3. The summed E-state index contributed by atoms with van der Waals surface area (Å²) in [7, 11) is 0. The number of halogens is 2. The fraction of sp³-hybridized carbons (Fsp3) is 0.200. The number of hydrogen-bond donors (Lipinski definition) is 1.